The van der Waals surface area contributed by atoms with E-state index in [4.69, 9.17) is 0 Å². The van der Waals surface area contributed by atoms with Gasteiger partial charge < -0.3 is 10.6 Å². The first-order valence-electron chi connectivity index (χ1n) is 8.60. The lowest BCUT2D eigenvalue weighted by atomic mass is 10.0. The molecule has 0 saturated carbocycles. The first kappa shape index (κ1) is 17.9. The zero-order valence-corrected chi connectivity index (χ0v) is 14.3. The molecule has 1 aliphatic heterocycles. The van der Waals surface area contributed by atoms with E-state index in [0.717, 1.165) is 12.2 Å². The van der Waals surface area contributed by atoms with Gasteiger partial charge in [0.2, 0.25) is 0 Å². The summed E-state index contributed by atoms with van der Waals surface area (Å²) < 4.78 is 0. The Morgan fingerprint density at radius 2 is 2.10 bits per heavy atom. The van der Waals surface area contributed by atoms with E-state index in [1.807, 2.05) is 0 Å². The van der Waals surface area contributed by atoms with Gasteiger partial charge in [0.15, 0.2) is 0 Å². The Hall–Kier alpha value is -1.18. The number of hydrogen-bond acceptors (Lipinski definition) is 2. The van der Waals surface area contributed by atoms with Crippen molar-refractivity contribution in [3.05, 3.63) is 36.2 Å². The molecule has 0 amide bonds. The summed E-state index contributed by atoms with van der Waals surface area (Å²) >= 11 is 0. The predicted molar refractivity (Wildman–Crippen MR) is 94.1 cm³/mol. The molecular weight excluding hydrogens is 256 g/mol. The van der Waals surface area contributed by atoms with Crippen molar-refractivity contribution >= 4 is 0 Å². The summed E-state index contributed by atoms with van der Waals surface area (Å²) in [4.78, 5) is 0. The second kappa shape index (κ2) is 9.70. The normalized spacial score (nSPS) is 19.1. The Labute approximate surface area is 131 Å². The van der Waals surface area contributed by atoms with Crippen LogP contribution in [-0.4, -0.2) is 12.6 Å². The molecule has 0 spiro atoms. The van der Waals surface area contributed by atoms with Crippen molar-refractivity contribution < 1.29 is 0 Å². The van der Waals surface area contributed by atoms with Gasteiger partial charge in [-0.3, -0.25) is 0 Å². The third kappa shape index (κ3) is 6.88. The van der Waals surface area contributed by atoms with Crippen molar-refractivity contribution in [3.63, 3.8) is 0 Å². The highest BCUT2D eigenvalue weighted by atomic mass is 14.9. The van der Waals surface area contributed by atoms with Crippen LogP contribution in [0.15, 0.2) is 36.2 Å². The molecule has 0 aromatic heterocycles. The first-order valence-corrected chi connectivity index (χ1v) is 8.60. The van der Waals surface area contributed by atoms with E-state index in [-0.39, 0.29) is 0 Å². The number of unbranched alkanes of at least 4 members (excludes halogenated alkanes) is 3. The summed E-state index contributed by atoms with van der Waals surface area (Å²) in [5.41, 5.74) is 3.70. The fourth-order valence-corrected chi connectivity index (χ4v) is 2.83. The van der Waals surface area contributed by atoms with E-state index in [2.05, 4.69) is 50.6 Å². The third-order valence-corrected chi connectivity index (χ3v) is 4.42. The average molecular weight is 290 g/mol. The monoisotopic (exact) mass is 290 g/mol. The van der Waals surface area contributed by atoms with Gasteiger partial charge >= 0.3 is 0 Å². The maximum atomic E-state index is 4.19. The van der Waals surface area contributed by atoms with Crippen molar-refractivity contribution in [2.24, 2.45) is 5.92 Å². The number of rotatable bonds is 11. The minimum Gasteiger partial charge on any atom is -0.389 e. The molecule has 0 saturated heterocycles. The van der Waals surface area contributed by atoms with Crippen LogP contribution in [0.1, 0.15) is 65.7 Å². The molecule has 2 heteroatoms. The zero-order valence-electron chi connectivity index (χ0n) is 14.3. The van der Waals surface area contributed by atoms with Crippen molar-refractivity contribution in [1.29, 1.82) is 0 Å². The van der Waals surface area contributed by atoms with Gasteiger partial charge in [0.25, 0.3) is 0 Å². The second-order valence-corrected chi connectivity index (χ2v) is 6.46. The highest BCUT2D eigenvalue weighted by Gasteiger charge is 2.15. The van der Waals surface area contributed by atoms with Crippen LogP contribution >= 0.6 is 0 Å². The van der Waals surface area contributed by atoms with Crippen molar-refractivity contribution in [1.82, 2.24) is 10.6 Å². The Morgan fingerprint density at radius 1 is 1.33 bits per heavy atom. The molecule has 21 heavy (non-hydrogen) atoms. The molecule has 2 nitrogen and oxygen atoms in total. The largest absolute Gasteiger partial charge is 0.389 e. The van der Waals surface area contributed by atoms with Crippen molar-refractivity contribution in [2.75, 3.05) is 6.54 Å². The quantitative estimate of drug-likeness (QED) is 0.528. The maximum Gasteiger partial charge on any atom is 0.0474 e. The molecule has 0 aromatic carbocycles. The van der Waals surface area contributed by atoms with E-state index in [9.17, 15) is 0 Å². The molecule has 120 valence electrons. The second-order valence-electron chi connectivity index (χ2n) is 6.46. The van der Waals surface area contributed by atoms with Gasteiger partial charge in [0.05, 0.1) is 0 Å². The summed E-state index contributed by atoms with van der Waals surface area (Å²) in [6.07, 6.45) is 11.0. The lowest BCUT2D eigenvalue weighted by Gasteiger charge is -2.17. The summed E-state index contributed by atoms with van der Waals surface area (Å²) in [5.74, 6) is 0.599. The van der Waals surface area contributed by atoms with Gasteiger partial charge in [0, 0.05) is 24.0 Å². The van der Waals surface area contributed by atoms with Crippen LogP contribution in [0.4, 0.5) is 0 Å². The minimum absolute atomic E-state index is 0.508. The molecule has 0 aliphatic carbocycles. The molecule has 2 atom stereocenters. The topological polar surface area (TPSA) is 24.1 Å². The summed E-state index contributed by atoms with van der Waals surface area (Å²) in [7, 11) is 0. The number of allylic oxidation sites excluding steroid dienone is 2. The fraction of sp³-hybridized carbons (Fsp3) is 0.684. The fourth-order valence-electron chi connectivity index (χ4n) is 2.83. The van der Waals surface area contributed by atoms with Crippen LogP contribution < -0.4 is 10.6 Å². The predicted octanol–water partition coefficient (Wildman–Crippen LogP) is 4.91. The number of hydrogen-bond donors (Lipinski definition) is 2. The minimum atomic E-state index is 0.508. The average Bonchev–Trinajstić information content (AvgIpc) is 2.76. The molecular formula is C19H34N2. The molecule has 1 heterocycles. The van der Waals surface area contributed by atoms with E-state index in [1.54, 1.807) is 0 Å². The van der Waals surface area contributed by atoms with Gasteiger partial charge in [-0.1, -0.05) is 46.3 Å². The van der Waals surface area contributed by atoms with Crippen LogP contribution in [0.25, 0.3) is 0 Å². The SMILES string of the molecule is C=C1C=C(C)C(CCCCNC(=C)C(C)CCCCC)N1. The highest BCUT2D eigenvalue weighted by molar-refractivity contribution is 5.30. The molecule has 2 N–H and O–H groups in total. The molecule has 0 radical (unpaired) electrons. The highest BCUT2D eigenvalue weighted by Crippen LogP contribution is 2.19. The lowest BCUT2D eigenvalue weighted by molar-refractivity contribution is 0.509. The molecule has 1 rings (SSSR count). The van der Waals surface area contributed by atoms with Crippen LogP contribution in [0.3, 0.4) is 0 Å². The van der Waals surface area contributed by atoms with Crippen LogP contribution in [0, 0.1) is 5.92 Å². The van der Waals surface area contributed by atoms with Gasteiger partial charge in [0.1, 0.15) is 0 Å². The van der Waals surface area contributed by atoms with Crippen molar-refractivity contribution in [3.8, 4) is 0 Å². The maximum absolute atomic E-state index is 4.19. The molecule has 1 aliphatic rings. The zero-order chi connectivity index (χ0) is 15.7. The molecule has 0 fully saturated rings. The Kier molecular flexibility index (Phi) is 8.26. The van der Waals surface area contributed by atoms with Gasteiger partial charge in [-0.25, -0.2) is 0 Å². The summed E-state index contributed by atoms with van der Waals surface area (Å²) in [6.45, 7) is 15.9. The van der Waals surface area contributed by atoms with Gasteiger partial charge in [-0.2, -0.15) is 0 Å². The van der Waals surface area contributed by atoms with Crippen molar-refractivity contribution in [2.45, 2.75) is 71.8 Å². The Balaban J connectivity index is 2.04. The van der Waals surface area contributed by atoms with Crippen LogP contribution in [0.5, 0.6) is 0 Å². The van der Waals surface area contributed by atoms with Gasteiger partial charge in [-0.05, 0) is 50.2 Å². The Morgan fingerprint density at radius 3 is 2.71 bits per heavy atom. The van der Waals surface area contributed by atoms with E-state index < -0.39 is 0 Å². The Bertz CT molecular complexity index is 368. The number of nitrogens with one attached hydrogen (secondary N) is 2. The van der Waals surface area contributed by atoms with Crippen LogP contribution in [-0.2, 0) is 0 Å². The third-order valence-electron chi connectivity index (χ3n) is 4.42. The summed E-state index contributed by atoms with van der Waals surface area (Å²) in [5, 5.41) is 6.93. The summed E-state index contributed by atoms with van der Waals surface area (Å²) in [6, 6.07) is 0.508. The standard InChI is InChI=1S/C19H34N2/c1-6-7-8-11-15(2)18(5)20-13-10-9-12-19-16(3)14-17(4)21-19/h14-15,19-21H,4-13H2,1-3H3. The lowest BCUT2D eigenvalue weighted by Crippen LogP contribution is -2.24. The molecule has 0 aromatic rings. The van der Waals surface area contributed by atoms with Crippen LogP contribution in [0.2, 0.25) is 0 Å². The first-order chi connectivity index (χ1) is 10.0. The van der Waals surface area contributed by atoms with E-state index in [1.165, 1.54) is 56.2 Å². The molecule has 0 bridgehead atoms. The van der Waals surface area contributed by atoms with Gasteiger partial charge in [-0.15, -0.1) is 0 Å². The van der Waals surface area contributed by atoms with E-state index >= 15 is 0 Å². The van der Waals surface area contributed by atoms with E-state index in [0.29, 0.717) is 12.0 Å². The smallest absolute Gasteiger partial charge is 0.0474 e. The molecule has 2 unspecified atom stereocenters.